The van der Waals surface area contributed by atoms with E-state index in [2.05, 4.69) is 0 Å². The largest absolute Gasteiger partial charge is 0.416 e. The molecule has 1 aromatic carbocycles. The van der Waals surface area contributed by atoms with Crippen LogP contribution in [0, 0.1) is 5.92 Å². The number of alkyl halides is 4. The molecule has 0 aliphatic heterocycles. The average molecular weight is 251 g/mol. The molecule has 0 aliphatic carbocycles. The normalized spacial score (nSPS) is 15.9. The monoisotopic (exact) mass is 250 g/mol. The van der Waals surface area contributed by atoms with Crippen LogP contribution in [0.2, 0.25) is 0 Å². The fraction of sp³-hybridized carbons (Fsp3) is 0.500. The van der Waals surface area contributed by atoms with E-state index in [1.54, 1.807) is 0 Å². The van der Waals surface area contributed by atoms with Gasteiger partial charge in [0.2, 0.25) is 0 Å². The van der Waals surface area contributed by atoms with Crippen molar-refractivity contribution in [2.45, 2.75) is 31.8 Å². The number of hydrogen-bond donors (Lipinski definition) is 0. The SMILES string of the molecule is CC(Cl)C(C)Cc1ccc(C(F)(F)F)cc1. The summed E-state index contributed by atoms with van der Waals surface area (Å²) in [6, 6.07) is 5.25. The highest BCUT2D eigenvalue weighted by Gasteiger charge is 2.29. The molecule has 1 rings (SSSR count). The Morgan fingerprint density at radius 1 is 1.12 bits per heavy atom. The fourth-order valence-corrected chi connectivity index (χ4v) is 1.45. The third-order valence-electron chi connectivity index (χ3n) is 2.62. The summed E-state index contributed by atoms with van der Waals surface area (Å²) in [4.78, 5) is 0. The van der Waals surface area contributed by atoms with Gasteiger partial charge in [0.05, 0.1) is 5.56 Å². The Kier molecular flexibility index (Phi) is 4.25. The van der Waals surface area contributed by atoms with Crippen molar-refractivity contribution in [2.75, 3.05) is 0 Å². The minimum Gasteiger partial charge on any atom is -0.166 e. The second kappa shape index (κ2) is 5.09. The molecule has 90 valence electrons. The summed E-state index contributed by atoms with van der Waals surface area (Å²) in [5.74, 6) is 0.249. The summed E-state index contributed by atoms with van der Waals surface area (Å²) in [5, 5.41) is 0.0160. The van der Waals surface area contributed by atoms with Crippen molar-refractivity contribution in [3.8, 4) is 0 Å². The molecule has 2 unspecified atom stereocenters. The van der Waals surface area contributed by atoms with Crippen molar-refractivity contribution in [3.05, 3.63) is 35.4 Å². The zero-order chi connectivity index (χ0) is 12.3. The number of halogens is 4. The predicted octanol–water partition coefficient (Wildman–Crippen LogP) is 4.51. The molecule has 0 bridgehead atoms. The highest BCUT2D eigenvalue weighted by atomic mass is 35.5. The van der Waals surface area contributed by atoms with E-state index in [0.29, 0.717) is 6.42 Å². The van der Waals surface area contributed by atoms with Crippen molar-refractivity contribution in [1.82, 2.24) is 0 Å². The number of rotatable bonds is 3. The molecule has 16 heavy (non-hydrogen) atoms. The van der Waals surface area contributed by atoms with Gasteiger partial charge in [0.1, 0.15) is 0 Å². The Morgan fingerprint density at radius 2 is 1.62 bits per heavy atom. The van der Waals surface area contributed by atoms with Gasteiger partial charge < -0.3 is 0 Å². The maximum atomic E-state index is 12.3. The molecule has 4 heteroatoms. The molecule has 1 aromatic rings. The first-order chi connectivity index (χ1) is 7.30. The van der Waals surface area contributed by atoms with Crippen molar-refractivity contribution in [3.63, 3.8) is 0 Å². The molecule has 0 heterocycles. The summed E-state index contributed by atoms with van der Waals surface area (Å²) in [6.45, 7) is 3.87. The molecule has 0 N–H and O–H groups in total. The van der Waals surface area contributed by atoms with Crippen LogP contribution in [0.3, 0.4) is 0 Å². The highest BCUT2D eigenvalue weighted by molar-refractivity contribution is 6.20. The van der Waals surface area contributed by atoms with Gasteiger partial charge in [-0.05, 0) is 37.0 Å². The molecule has 0 spiro atoms. The number of benzene rings is 1. The topological polar surface area (TPSA) is 0 Å². The molecule has 0 aromatic heterocycles. The maximum absolute atomic E-state index is 12.3. The van der Waals surface area contributed by atoms with Crippen molar-refractivity contribution >= 4 is 11.6 Å². The van der Waals surface area contributed by atoms with Gasteiger partial charge in [-0.3, -0.25) is 0 Å². The van der Waals surface area contributed by atoms with E-state index in [4.69, 9.17) is 11.6 Å². The third kappa shape index (κ3) is 3.71. The quantitative estimate of drug-likeness (QED) is 0.693. The van der Waals surface area contributed by atoms with Crippen molar-refractivity contribution in [1.29, 1.82) is 0 Å². The van der Waals surface area contributed by atoms with E-state index in [1.807, 2.05) is 13.8 Å². The Bertz CT molecular complexity index is 327. The Balaban J connectivity index is 2.72. The van der Waals surface area contributed by atoms with Crippen LogP contribution in [-0.2, 0) is 12.6 Å². The van der Waals surface area contributed by atoms with Gasteiger partial charge in [0.25, 0.3) is 0 Å². The summed E-state index contributed by atoms with van der Waals surface area (Å²) in [6.07, 6.45) is -3.56. The Morgan fingerprint density at radius 3 is 2.00 bits per heavy atom. The lowest BCUT2D eigenvalue weighted by atomic mass is 9.98. The summed E-state index contributed by atoms with van der Waals surface area (Å²) >= 11 is 5.90. The number of hydrogen-bond acceptors (Lipinski definition) is 0. The van der Waals surface area contributed by atoms with Crippen LogP contribution >= 0.6 is 11.6 Å². The van der Waals surface area contributed by atoms with Gasteiger partial charge in [0.15, 0.2) is 0 Å². The Labute approximate surface area is 98.4 Å². The van der Waals surface area contributed by atoms with E-state index in [-0.39, 0.29) is 11.3 Å². The van der Waals surface area contributed by atoms with E-state index in [1.165, 1.54) is 12.1 Å². The minimum absolute atomic E-state index is 0.0160. The summed E-state index contributed by atoms with van der Waals surface area (Å²) in [7, 11) is 0. The first-order valence-electron chi connectivity index (χ1n) is 5.11. The van der Waals surface area contributed by atoms with Gasteiger partial charge >= 0.3 is 6.18 Å². The van der Waals surface area contributed by atoms with Crippen LogP contribution < -0.4 is 0 Å². The second-order valence-electron chi connectivity index (χ2n) is 4.05. The molecule has 0 aliphatic rings. The molecule has 0 saturated heterocycles. The zero-order valence-corrected chi connectivity index (χ0v) is 9.94. The lowest BCUT2D eigenvalue weighted by molar-refractivity contribution is -0.137. The van der Waals surface area contributed by atoms with Gasteiger partial charge in [-0.25, -0.2) is 0 Å². The minimum atomic E-state index is -4.26. The lowest BCUT2D eigenvalue weighted by Crippen LogP contribution is -2.10. The summed E-state index contributed by atoms with van der Waals surface area (Å²) < 4.78 is 36.9. The van der Waals surface area contributed by atoms with Gasteiger partial charge in [-0.15, -0.1) is 11.6 Å². The molecule has 0 amide bonds. The highest BCUT2D eigenvalue weighted by Crippen LogP contribution is 2.29. The van der Waals surface area contributed by atoms with Crippen LogP contribution in [0.1, 0.15) is 25.0 Å². The van der Waals surface area contributed by atoms with E-state index >= 15 is 0 Å². The van der Waals surface area contributed by atoms with Gasteiger partial charge in [-0.2, -0.15) is 13.2 Å². The van der Waals surface area contributed by atoms with Crippen molar-refractivity contribution < 1.29 is 13.2 Å². The summed E-state index contributed by atoms with van der Waals surface area (Å²) in [5.41, 5.74) is 0.274. The molecule has 0 nitrogen and oxygen atoms in total. The predicted molar refractivity (Wildman–Crippen MR) is 59.6 cm³/mol. The Hall–Kier alpha value is -0.700. The molecular formula is C12H14ClF3. The smallest absolute Gasteiger partial charge is 0.166 e. The van der Waals surface area contributed by atoms with Crippen molar-refractivity contribution in [2.24, 2.45) is 5.92 Å². The molecule has 0 radical (unpaired) electrons. The molecular weight excluding hydrogens is 237 g/mol. The maximum Gasteiger partial charge on any atom is 0.416 e. The second-order valence-corrected chi connectivity index (χ2v) is 4.74. The zero-order valence-electron chi connectivity index (χ0n) is 9.18. The fourth-order valence-electron chi connectivity index (χ4n) is 1.36. The van der Waals surface area contributed by atoms with E-state index in [9.17, 15) is 13.2 Å². The molecule has 0 saturated carbocycles. The third-order valence-corrected chi connectivity index (χ3v) is 3.05. The lowest BCUT2D eigenvalue weighted by Gasteiger charge is -2.14. The van der Waals surface area contributed by atoms with Crippen LogP contribution in [0.4, 0.5) is 13.2 Å². The van der Waals surface area contributed by atoms with E-state index in [0.717, 1.165) is 17.7 Å². The van der Waals surface area contributed by atoms with Gasteiger partial charge in [0, 0.05) is 5.38 Å². The average Bonchev–Trinajstić information content (AvgIpc) is 2.17. The van der Waals surface area contributed by atoms with Crippen LogP contribution in [0.5, 0.6) is 0 Å². The molecule has 2 atom stereocenters. The first kappa shape index (κ1) is 13.4. The first-order valence-corrected chi connectivity index (χ1v) is 5.54. The molecule has 0 fully saturated rings. The van der Waals surface area contributed by atoms with Gasteiger partial charge in [-0.1, -0.05) is 19.1 Å². The standard InChI is InChI=1S/C12H14ClF3/c1-8(9(2)13)7-10-3-5-11(6-4-10)12(14,15)16/h3-6,8-9H,7H2,1-2H3. The van der Waals surface area contributed by atoms with Crippen LogP contribution in [0.15, 0.2) is 24.3 Å². The van der Waals surface area contributed by atoms with Crippen LogP contribution in [-0.4, -0.2) is 5.38 Å². The van der Waals surface area contributed by atoms with Crippen LogP contribution in [0.25, 0.3) is 0 Å². The van der Waals surface area contributed by atoms with E-state index < -0.39 is 11.7 Å².